The summed E-state index contributed by atoms with van der Waals surface area (Å²) in [5.74, 6) is -1.06. The number of carbonyl (C=O) groups excluding carboxylic acids is 2. The Morgan fingerprint density at radius 2 is 1.85 bits per heavy atom. The normalized spacial score (nSPS) is 22.9. The van der Waals surface area contributed by atoms with Crippen molar-refractivity contribution >= 4 is 17.6 Å². The number of carboxylic acid groups (broad SMARTS) is 1. The van der Waals surface area contributed by atoms with E-state index in [-0.39, 0.29) is 23.5 Å². The van der Waals surface area contributed by atoms with Crippen LogP contribution in [0.3, 0.4) is 0 Å². The summed E-state index contributed by atoms with van der Waals surface area (Å²) in [4.78, 5) is 22.8. The van der Waals surface area contributed by atoms with Crippen molar-refractivity contribution in [3.8, 4) is 0 Å². The predicted molar refractivity (Wildman–Crippen MR) is 94.9 cm³/mol. The molecule has 0 bridgehead atoms. The molecule has 1 aliphatic heterocycles. The lowest BCUT2D eigenvalue weighted by Gasteiger charge is -2.38. The van der Waals surface area contributed by atoms with Crippen molar-refractivity contribution in [2.75, 3.05) is 12.4 Å². The van der Waals surface area contributed by atoms with Crippen molar-refractivity contribution in [2.24, 2.45) is 5.92 Å². The molecular formula is C21H18NO4-. The lowest BCUT2D eigenvalue weighted by atomic mass is 9.76. The Hall–Kier alpha value is -3.08. The van der Waals surface area contributed by atoms with Gasteiger partial charge in [-0.05, 0) is 53.3 Å². The Morgan fingerprint density at radius 3 is 2.54 bits per heavy atom. The monoisotopic (exact) mass is 348 g/mol. The van der Waals surface area contributed by atoms with Crippen LogP contribution in [0.25, 0.3) is 0 Å². The van der Waals surface area contributed by atoms with E-state index in [1.54, 1.807) is 30.3 Å². The lowest BCUT2D eigenvalue weighted by Crippen LogP contribution is -2.30. The Balaban J connectivity index is 1.69. The van der Waals surface area contributed by atoms with Crippen LogP contribution in [-0.2, 0) is 4.74 Å². The average Bonchev–Trinajstić information content (AvgIpc) is 3.16. The van der Waals surface area contributed by atoms with Gasteiger partial charge < -0.3 is 20.0 Å². The summed E-state index contributed by atoms with van der Waals surface area (Å²) < 4.78 is 4.75. The zero-order valence-corrected chi connectivity index (χ0v) is 14.3. The molecule has 0 fully saturated rings. The summed E-state index contributed by atoms with van der Waals surface area (Å²) in [6.07, 6.45) is 5.21. The highest BCUT2D eigenvalue weighted by Gasteiger charge is 2.37. The highest BCUT2D eigenvalue weighted by Crippen LogP contribution is 2.49. The number of methoxy groups -OCH3 is 1. The fourth-order valence-corrected chi connectivity index (χ4v) is 4.00. The zero-order chi connectivity index (χ0) is 18.3. The van der Waals surface area contributed by atoms with Gasteiger partial charge in [0.15, 0.2) is 0 Å². The molecule has 4 rings (SSSR count). The molecular weight excluding hydrogens is 330 g/mol. The minimum Gasteiger partial charge on any atom is -0.545 e. The number of carboxylic acids is 1. The lowest BCUT2D eigenvalue weighted by molar-refractivity contribution is -0.255. The maximum Gasteiger partial charge on any atom is 0.337 e. The highest BCUT2D eigenvalue weighted by molar-refractivity contribution is 5.89. The first kappa shape index (κ1) is 16.4. The average molecular weight is 348 g/mol. The zero-order valence-electron chi connectivity index (χ0n) is 14.3. The standard InChI is InChI=1S/C21H19NO4/c1-26-21(25)13-7-5-12(6-8-13)19-16-4-2-3-15(16)17-11-14(20(23)24)9-10-18(17)22-19/h2-3,5-11,15-16,19,22H,4H2,1H3,(H,23,24)/p-1/t15-,16-,19+/m0/s1. The number of carbonyl (C=O) groups is 2. The third-order valence-corrected chi connectivity index (χ3v) is 5.29. The van der Waals surface area contributed by atoms with E-state index in [1.165, 1.54) is 7.11 Å². The smallest absolute Gasteiger partial charge is 0.337 e. The number of anilines is 1. The molecule has 2 aromatic rings. The first-order valence-corrected chi connectivity index (χ1v) is 8.55. The van der Waals surface area contributed by atoms with Gasteiger partial charge >= 0.3 is 5.97 Å². The maximum absolute atomic E-state index is 11.6. The van der Waals surface area contributed by atoms with Crippen molar-refractivity contribution in [1.82, 2.24) is 0 Å². The Morgan fingerprint density at radius 1 is 1.12 bits per heavy atom. The van der Waals surface area contributed by atoms with Crippen LogP contribution in [-0.4, -0.2) is 19.0 Å². The molecule has 26 heavy (non-hydrogen) atoms. The van der Waals surface area contributed by atoms with Gasteiger partial charge in [-0.2, -0.15) is 0 Å². The van der Waals surface area contributed by atoms with Crippen LogP contribution < -0.4 is 10.4 Å². The molecule has 1 aliphatic carbocycles. The number of ether oxygens (including phenoxy) is 1. The van der Waals surface area contributed by atoms with Gasteiger partial charge in [0.05, 0.1) is 24.7 Å². The highest BCUT2D eigenvalue weighted by atomic mass is 16.5. The van der Waals surface area contributed by atoms with Gasteiger partial charge in [0, 0.05) is 11.6 Å². The number of rotatable bonds is 3. The number of esters is 1. The van der Waals surface area contributed by atoms with E-state index in [0.29, 0.717) is 11.5 Å². The SMILES string of the molecule is COC(=O)c1ccc([C@H]2Nc3ccc(C(=O)[O-])cc3[C@H]3C=CC[C@@H]32)cc1. The molecule has 0 spiro atoms. The van der Waals surface area contributed by atoms with Gasteiger partial charge in [-0.15, -0.1) is 0 Å². The molecule has 0 unspecified atom stereocenters. The molecule has 132 valence electrons. The van der Waals surface area contributed by atoms with Gasteiger partial charge in [0.25, 0.3) is 0 Å². The van der Waals surface area contributed by atoms with Gasteiger partial charge in [0.2, 0.25) is 0 Å². The number of hydrogen-bond donors (Lipinski definition) is 1. The first-order chi connectivity index (χ1) is 12.6. The van der Waals surface area contributed by atoms with Crippen molar-refractivity contribution < 1.29 is 19.4 Å². The summed E-state index contributed by atoms with van der Waals surface area (Å²) in [5, 5.41) is 14.7. The fraction of sp³-hybridized carbons (Fsp3) is 0.238. The quantitative estimate of drug-likeness (QED) is 0.681. The first-order valence-electron chi connectivity index (χ1n) is 8.55. The van der Waals surface area contributed by atoms with E-state index >= 15 is 0 Å². The predicted octanol–water partition coefficient (Wildman–Crippen LogP) is 2.66. The fourth-order valence-electron chi connectivity index (χ4n) is 4.00. The molecule has 0 saturated heterocycles. The molecule has 2 aliphatic rings. The second-order valence-corrected chi connectivity index (χ2v) is 6.68. The molecule has 0 aromatic heterocycles. The van der Waals surface area contributed by atoms with Gasteiger partial charge in [-0.1, -0.05) is 30.4 Å². The molecule has 5 nitrogen and oxygen atoms in total. The van der Waals surface area contributed by atoms with Gasteiger partial charge in [-0.3, -0.25) is 0 Å². The Kier molecular flexibility index (Phi) is 3.99. The van der Waals surface area contributed by atoms with Crippen molar-refractivity contribution in [1.29, 1.82) is 0 Å². The number of hydrogen-bond acceptors (Lipinski definition) is 5. The molecule has 3 atom stereocenters. The van der Waals surface area contributed by atoms with Crippen molar-refractivity contribution in [2.45, 2.75) is 18.4 Å². The van der Waals surface area contributed by atoms with E-state index in [4.69, 9.17) is 4.74 Å². The number of nitrogens with one attached hydrogen (secondary N) is 1. The second-order valence-electron chi connectivity index (χ2n) is 6.68. The van der Waals surface area contributed by atoms with Crippen LogP contribution in [0.1, 0.15) is 50.2 Å². The van der Waals surface area contributed by atoms with E-state index in [9.17, 15) is 14.7 Å². The number of aromatic carboxylic acids is 1. The molecule has 0 radical (unpaired) electrons. The van der Waals surface area contributed by atoms with Crippen LogP contribution in [0, 0.1) is 5.92 Å². The molecule has 2 aromatic carbocycles. The van der Waals surface area contributed by atoms with E-state index in [1.807, 2.05) is 12.1 Å². The number of benzene rings is 2. The summed E-state index contributed by atoms with van der Waals surface area (Å²) in [6, 6.07) is 12.6. The summed E-state index contributed by atoms with van der Waals surface area (Å²) in [6.45, 7) is 0. The summed E-state index contributed by atoms with van der Waals surface area (Å²) >= 11 is 0. The van der Waals surface area contributed by atoms with Crippen LogP contribution >= 0.6 is 0 Å². The van der Waals surface area contributed by atoms with E-state index in [2.05, 4.69) is 17.5 Å². The second kappa shape index (κ2) is 6.33. The third-order valence-electron chi connectivity index (χ3n) is 5.29. The molecule has 0 amide bonds. The van der Waals surface area contributed by atoms with Crippen LogP contribution in [0.5, 0.6) is 0 Å². The molecule has 0 saturated carbocycles. The van der Waals surface area contributed by atoms with Crippen LogP contribution in [0.15, 0.2) is 54.6 Å². The molecule has 1 N–H and O–H groups in total. The van der Waals surface area contributed by atoms with E-state index < -0.39 is 5.97 Å². The summed E-state index contributed by atoms with van der Waals surface area (Å²) in [7, 11) is 1.37. The number of allylic oxidation sites excluding steroid dienone is 2. The number of fused-ring (bicyclic) bond motifs is 3. The Bertz CT molecular complexity index is 901. The minimum atomic E-state index is -1.16. The minimum absolute atomic E-state index is 0.0861. The van der Waals surface area contributed by atoms with Crippen LogP contribution in [0.4, 0.5) is 5.69 Å². The molecule has 5 heteroatoms. The van der Waals surface area contributed by atoms with E-state index in [0.717, 1.165) is 23.2 Å². The van der Waals surface area contributed by atoms with Crippen molar-refractivity contribution in [3.63, 3.8) is 0 Å². The third kappa shape index (κ3) is 2.65. The maximum atomic E-state index is 11.6. The van der Waals surface area contributed by atoms with Crippen molar-refractivity contribution in [3.05, 3.63) is 76.9 Å². The van der Waals surface area contributed by atoms with Gasteiger partial charge in [0.1, 0.15) is 0 Å². The largest absolute Gasteiger partial charge is 0.545 e. The Labute approximate surface area is 151 Å². The topological polar surface area (TPSA) is 78.5 Å². The van der Waals surface area contributed by atoms with Crippen LogP contribution in [0.2, 0.25) is 0 Å². The molecule has 1 heterocycles. The van der Waals surface area contributed by atoms with Gasteiger partial charge in [-0.25, -0.2) is 4.79 Å². The summed E-state index contributed by atoms with van der Waals surface area (Å²) in [5.41, 5.74) is 3.74.